The van der Waals surface area contributed by atoms with Gasteiger partial charge in [0.2, 0.25) is 0 Å². The van der Waals surface area contributed by atoms with Crippen molar-refractivity contribution < 1.29 is 23.9 Å². The zero-order chi connectivity index (χ0) is 19.5. The number of hydrogen-bond acceptors (Lipinski definition) is 7. The molecule has 26 heavy (non-hydrogen) atoms. The Balaban J connectivity index is 2.19. The van der Waals surface area contributed by atoms with E-state index < -0.39 is 23.4 Å². The second-order valence-corrected chi connectivity index (χ2v) is 8.04. The van der Waals surface area contributed by atoms with Crippen molar-refractivity contribution in [3.63, 3.8) is 0 Å². The van der Waals surface area contributed by atoms with E-state index in [1.165, 1.54) is 18.4 Å². The Labute approximate surface area is 156 Å². The Morgan fingerprint density at radius 1 is 1.27 bits per heavy atom. The number of ether oxygens (including phenoxy) is 2. The summed E-state index contributed by atoms with van der Waals surface area (Å²) < 4.78 is 10.6. The number of carbonyl (C=O) groups is 3. The van der Waals surface area contributed by atoms with Crippen LogP contribution in [-0.4, -0.2) is 62.6 Å². The number of nitrogens with zero attached hydrogens (tertiary/aromatic N) is 1. The van der Waals surface area contributed by atoms with Crippen LogP contribution in [0, 0.1) is 0 Å². The molecule has 0 unspecified atom stereocenters. The van der Waals surface area contributed by atoms with Crippen molar-refractivity contribution in [1.29, 1.82) is 0 Å². The van der Waals surface area contributed by atoms with Crippen LogP contribution >= 0.6 is 11.3 Å². The van der Waals surface area contributed by atoms with Crippen molar-refractivity contribution >= 4 is 34.1 Å². The Morgan fingerprint density at radius 3 is 2.58 bits per heavy atom. The smallest absolute Gasteiger partial charge is 0.341 e. The molecule has 2 N–H and O–H groups in total. The zero-order valence-corrected chi connectivity index (χ0v) is 16.5. The summed E-state index contributed by atoms with van der Waals surface area (Å²) >= 11 is 1.23. The highest BCUT2D eigenvalue weighted by Crippen LogP contribution is 2.40. The highest BCUT2D eigenvalue weighted by atomic mass is 32.1. The van der Waals surface area contributed by atoms with Gasteiger partial charge in [-0.15, -0.1) is 11.3 Å². The van der Waals surface area contributed by atoms with Crippen LogP contribution < -0.4 is 10.6 Å². The summed E-state index contributed by atoms with van der Waals surface area (Å²) in [6.45, 7) is 5.19. The summed E-state index contributed by atoms with van der Waals surface area (Å²) in [5.41, 5.74) is 0.696. The van der Waals surface area contributed by atoms with Crippen LogP contribution in [0.3, 0.4) is 0 Å². The lowest BCUT2D eigenvalue weighted by Crippen LogP contribution is -2.38. The first kappa shape index (κ1) is 20.3. The molecule has 1 aliphatic rings. The number of esters is 1. The molecular weight excluding hydrogens is 358 g/mol. The number of anilines is 1. The molecule has 0 saturated heterocycles. The fourth-order valence-electron chi connectivity index (χ4n) is 2.59. The van der Waals surface area contributed by atoms with Gasteiger partial charge in [-0.3, -0.25) is 9.59 Å². The number of methoxy groups -OCH3 is 1. The van der Waals surface area contributed by atoms with Gasteiger partial charge in [-0.05, 0) is 33.5 Å². The zero-order valence-electron chi connectivity index (χ0n) is 15.7. The van der Waals surface area contributed by atoms with E-state index in [0.717, 1.165) is 10.4 Å². The number of likely N-dealkylation sites (N-methyl/N-ethyl adjacent to an activating group) is 1. The molecule has 8 nitrogen and oxygen atoms in total. The van der Waals surface area contributed by atoms with E-state index >= 15 is 0 Å². The normalized spacial score (nSPS) is 15.3. The summed E-state index contributed by atoms with van der Waals surface area (Å²) in [6.07, 6.45) is 0.522. The number of carbonyl (C=O) groups excluding carboxylic acids is 3. The van der Waals surface area contributed by atoms with E-state index in [1.54, 1.807) is 0 Å². The van der Waals surface area contributed by atoms with E-state index in [2.05, 4.69) is 10.6 Å². The molecule has 0 fully saturated rings. The van der Waals surface area contributed by atoms with Crippen LogP contribution in [-0.2, 0) is 32.1 Å². The molecule has 1 aromatic heterocycles. The lowest BCUT2D eigenvalue weighted by Gasteiger charge is -2.30. The number of hydrogen-bond donors (Lipinski definition) is 2. The van der Waals surface area contributed by atoms with E-state index in [4.69, 9.17) is 9.47 Å². The maximum atomic E-state index is 12.3. The molecule has 0 atom stereocenters. The van der Waals surface area contributed by atoms with Crippen LogP contribution in [0.1, 0.15) is 34.6 Å². The SMILES string of the molecule is COC(=O)c1c(NC(=O)C(=O)NCCN(C)C)sc2c1CC(C)(C)OC2. The molecule has 9 heteroatoms. The number of rotatable bonds is 5. The fourth-order valence-corrected chi connectivity index (χ4v) is 3.71. The van der Waals surface area contributed by atoms with Crippen LogP contribution in [0.25, 0.3) is 0 Å². The summed E-state index contributed by atoms with van der Waals surface area (Å²) in [5.74, 6) is -2.10. The second-order valence-electron chi connectivity index (χ2n) is 6.94. The van der Waals surface area contributed by atoms with Gasteiger partial charge in [-0.2, -0.15) is 0 Å². The predicted molar refractivity (Wildman–Crippen MR) is 98.4 cm³/mol. The van der Waals surface area contributed by atoms with Crippen LogP contribution in [0.15, 0.2) is 0 Å². The van der Waals surface area contributed by atoms with E-state index in [0.29, 0.717) is 36.7 Å². The largest absolute Gasteiger partial charge is 0.465 e. The molecule has 1 aromatic rings. The van der Waals surface area contributed by atoms with Gasteiger partial charge < -0.3 is 25.0 Å². The average Bonchev–Trinajstić information content (AvgIpc) is 2.89. The number of nitrogens with one attached hydrogen (secondary N) is 2. The first-order valence-corrected chi connectivity index (χ1v) is 9.07. The van der Waals surface area contributed by atoms with Crippen molar-refractivity contribution in [3.05, 3.63) is 16.0 Å². The first-order valence-electron chi connectivity index (χ1n) is 8.25. The lowest BCUT2D eigenvalue weighted by molar-refractivity contribution is -0.136. The fraction of sp³-hybridized carbons (Fsp3) is 0.588. The third-order valence-corrected chi connectivity index (χ3v) is 5.08. The summed E-state index contributed by atoms with van der Waals surface area (Å²) in [7, 11) is 5.03. The van der Waals surface area contributed by atoms with Gasteiger partial charge in [0.1, 0.15) is 5.00 Å². The second kappa shape index (κ2) is 8.15. The summed E-state index contributed by atoms with van der Waals surface area (Å²) in [6, 6.07) is 0. The molecule has 0 aliphatic carbocycles. The van der Waals surface area contributed by atoms with Crippen molar-refractivity contribution in [3.8, 4) is 0 Å². The van der Waals surface area contributed by atoms with Gasteiger partial charge in [-0.25, -0.2) is 4.79 Å². The maximum absolute atomic E-state index is 12.3. The number of amides is 2. The van der Waals surface area contributed by atoms with Gasteiger partial charge in [-0.1, -0.05) is 0 Å². The van der Waals surface area contributed by atoms with Gasteiger partial charge in [0.25, 0.3) is 0 Å². The molecule has 2 heterocycles. The summed E-state index contributed by atoms with van der Waals surface area (Å²) in [5, 5.41) is 5.40. The molecule has 0 spiro atoms. The number of fused-ring (bicyclic) bond motifs is 1. The van der Waals surface area contributed by atoms with Crippen LogP contribution in [0.2, 0.25) is 0 Å². The molecule has 144 valence electrons. The molecule has 2 rings (SSSR count). The first-order chi connectivity index (χ1) is 12.1. The quantitative estimate of drug-likeness (QED) is 0.582. The van der Waals surface area contributed by atoms with Crippen molar-refractivity contribution in [2.75, 3.05) is 39.6 Å². The summed E-state index contributed by atoms with van der Waals surface area (Å²) in [4.78, 5) is 39.1. The lowest BCUT2D eigenvalue weighted by atomic mass is 9.93. The van der Waals surface area contributed by atoms with E-state index in [1.807, 2.05) is 32.8 Å². The van der Waals surface area contributed by atoms with Gasteiger partial charge >= 0.3 is 17.8 Å². The van der Waals surface area contributed by atoms with Crippen molar-refractivity contribution in [2.24, 2.45) is 0 Å². The molecule has 1 aliphatic heterocycles. The molecule has 0 radical (unpaired) electrons. The molecule has 0 aromatic carbocycles. The van der Waals surface area contributed by atoms with Gasteiger partial charge in [0.15, 0.2) is 0 Å². The highest BCUT2D eigenvalue weighted by molar-refractivity contribution is 7.17. The van der Waals surface area contributed by atoms with Gasteiger partial charge in [0.05, 0.1) is 24.9 Å². The molecular formula is C17H25N3O5S. The maximum Gasteiger partial charge on any atom is 0.341 e. The standard InChI is InChI=1S/C17H25N3O5S/c1-17(2)8-10-11(9-25-17)26-15(12(10)16(23)24-5)19-14(22)13(21)18-6-7-20(3)4/h6-9H2,1-5H3,(H,18,21)(H,19,22). The Morgan fingerprint density at radius 2 is 1.96 bits per heavy atom. The van der Waals surface area contributed by atoms with Gasteiger partial charge in [0, 0.05) is 24.4 Å². The molecule has 2 amide bonds. The Bertz CT molecular complexity index is 711. The topological polar surface area (TPSA) is 97.0 Å². The van der Waals surface area contributed by atoms with Crippen LogP contribution in [0.4, 0.5) is 5.00 Å². The van der Waals surface area contributed by atoms with Crippen molar-refractivity contribution in [2.45, 2.75) is 32.5 Å². The minimum absolute atomic E-state index is 0.304. The molecule has 0 bridgehead atoms. The van der Waals surface area contributed by atoms with E-state index in [9.17, 15) is 14.4 Å². The molecule has 0 saturated carbocycles. The Kier molecular flexibility index (Phi) is 6.38. The average molecular weight is 383 g/mol. The van der Waals surface area contributed by atoms with E-state index in [-0.39, 0.29) is 0 Å². The minimum atomic E-state index is -0.812. The highest BCUT2D eigenvalue weighted by Gasteiger charge is 2.34. The third kappa shape index (κ3) is 4.80. The van der Waals surface area contributed by atoms with Crippen molar-refractivity contribution in [1.82, 2.24) is 10.2 Å². The monoisotopic (exact) mass is 383 g/mol. The predicted octanol–water partition coefficient (Wildman–Crippen LogP) is 1.00. The minimum Gasteiger partial charge on any atom is -0.465 e. The van der Waals surface area contributed by atoms with Crippen LogP contribution in [0.5, 0.6) is 0 Å². The Hall–Kier alpha value is -1.97. The third-order valence-electron chi connectivity index (χ3n) is 3.95. The number of thiophene rings is 1.